The van der Waals surface area contributed by atoms with Crippen molar-refractivity contribution in [2.24, 2.45) is 0 Å². The standard InChI is InChI=1S/3C2H6N.C2H5.HN.Ta/c3*1-3-2;1-2;;/h3*1-2H3;1H2,2H3;1H;/q3*-1;;;+3. The Morgan fingerprint density at radius 3 is 1.08 bits per heavy atom. The van der Waals surface area contributed by atoms with Crippen LogP contribution < -0.4 is 0 Å². The Morgan fingerprint density at radius 1 is 0.846 bits per heavy atom. The average Bonchev–Trinajstić information content (AvgIpc) is 2.01. The van der Waals surface area contributed by atoms with Crippen molar-refractivity contribution in [3.8, 4) is 0 Å². The second-order valence-electron chi connectivity index (χ2n) is 4.01. The number of hydrogen-bond donors (Lipinski definition) is 1. The first-order valence-corrected chi connectivity index (χ1v) is 12.7. The van der Waals surface area contributed by atoms with Crippen LogP contribution in [0.15, 0.2) is 0 Å². The molecule has 0 fully saturated rings. The van der Waals surface area contributed by atoms with Gasteiger partial charge in [-0.3, -0.25) is 0 Å². The van der Waals surface area contributed by atoms with E-state index < -0.39 is 16.4 Å². The van der Waals surface area contributed by atoms with Gasteiger partial charge in [0, 0.05) is 0 Å². The van der Waals surface area contributed by atoms with Gasteiger partial charge in [0.25, 0.3) is 0 Å². The van der Waals surface area contributed by atoms with Gasteiger partial charge in [-0.05, 0) is 0 Å². The predicted molar refractivity (Wildman–Crippen MR) is 54.3 cm³/mol. The minimum absolute atomic E-state index is 0.929. The predicted octanol–water partition coefficient (Wildman–Crippen LogP) is 1.31. The first kappa shape index (κ1) is 13.4. The van der Waals surface area contributed by atoms with Crippen LogP contribution in [0.4, 0.5) is 0 Å². The molecular weight excluding hydrogens is 333 g/mol. The maximum absolute atomic E-state index is 8.87. The summed E-state index contributed by atoms with van der Waals surface area (Å²) in [4.78, 5) is 0. The Morgan fingerprint density at radius 2 is 1.08 bits per heavy atom. The Labute approximate surface area is 84.1 Å². The summed E-state index contributed by atoms with van der Waals surface area (Å²) < 4.78 is 16.2. The van der Waals surface area contributed by atoms with Gasteiger partial charge >= 0.3 is 83.9 Å². The van der Waals surface area contributed by atoms with Gasteiger partial charge in [-0.2, -0.15) is 0 Å². The molecule has 0 aromatic rings. The monoisotopic (exact) mass is 357 g/mol. The molecule has 0 bridgehead atoms. The minimum atomic E-state index is -3.74. The molecule has 0 heterocycles. The summed E-state index contributed by atoms with van der Waals surface area (Å²) in [5.74, 6) is 0. The summed E-state index contributed by atoms with van der Waals surface area (Å²) in [6.07, 6.45) is 0. The van der Waals surface area contributed by atoms with Crippen molar-refractivity contribution in [1.82, 2.24) is 9.91 Å². The summed E-state index contributed by atoms with van der Waals surface area (Å²) in [6, 6.07) is 0. The molecule has 0 aliphatic rings. The molecule has 4 nitrogen and oxygen atoms in total. The zero-order chi connectivity index (χ0) is 10.9. The third-order valence-electron chi connectivity index (χ3n) is 3.10. The van der Waals surface area contributed by atoms with E-state index in [1.165, 1.54) is 0 Å². The van der Waals surface area contributed by atoms with Crippen LogP contribution in [0.1, 0.15) is 6.92 Å². The van der Waals surface area contributed by atoms with Crippen LogP contribution in [0.2, 0.25) is 4.64 Å². The zero-order valence-electron chi connectivity index (χ0n) is 10.00. The molecule has 0 aliphatic carbocycles. The molecule has 0 unspecified atom stereocenters. The SMILES string of the molecule is C[CH2][Ta](=[NH])([N](C)C)([N](C)C)[N](C)C. The quantitative estimate of drug-likeness (QED) is 0.824. The Bertz CT molecular complexity index is 201. The van der Waals surface area contributed by atoms with E-state index in [2.05, 4.69) is 16.8 Å². The molecule has 0 radical (unpaired) electrons. The van der Waals surface area contributed by atoms with E-state index in [-0.39, 0.29) is 0 Å². The third kappa shape index (κ3) is 1.67. The van der Waals surface area contributed by atoms with Gasteiger partial charge in [-0.15, -0.1) is 0 Å². The van der Waals surface area contributed by atoms with Crippen LogP contribution in [-0.4, -0.2) is 52.2 Å². The molecule has 0 rings (SSSR count). The van der Waals surface area contributed by atoms with Crippen LogP contribution in [0, 0.1) is 3.76 Å². The van der Waals surface area contributed by atoms with Crippen LogP contribution >= 0.6 is 0 Å². The van der Waals surface area contributed by atoms with Gasteiger partial charge in [-0.25, -0.2) is 0 Å². The molecule has 0 atom stereocenters. The molecule has 0 amide bonds. The van der Waals surface area contributed by atoms with E-state index in [0.717, 1.165) is 4.64 Å². The van der Waals surface area contributed by atoms with E-state index >= 15 is 0 Å². The summed E-state index contributed by atoms with van der Waals surface area (Å²) >= 11 is -3.74. The van der Waals surface area contributed by atoms with Crippen molar-refractivity contribution in [3.63, 3.8) is 0 Å². The molecule has 0 aromatic heterocycles. The van der Waals surface area contributed by atoms with Gasteiger partial charge in [-0.1, -0.05) is 0 Å². The van der Waals surface area contributed by atoms with Crippen molar-refractivity contribution < 1.29 is 16.4 Å². The fourth-order valence-electron chi connectivity index (χ4n) is 1.92. The Hall–Kier alpha value is 0.420. The van der Waals surface area contributed by atoms with E-state index in [4.69, 9.17) is 3.76 Å². The van der Waals surface area contributed by atoms with Gasteiger partial charge in [0.15, 0.2) is 0 Å². The average molecular weight is 357 g/mol. The molecule has 0 aliphatic heterocycles. The van der Waals surface area contributed by atoms with Gasteiger partial charge in [0.05, 0.1) is 0 Å². The summed E-state index contributed by atoms with van der Waals surface area (Å²) in [6.45, 7) is 2.13. The molecule has 0 spiro atoms. The number of rotatable bonds is 4. The third-order valence-corrected chi connectivity index (χ3v) is 25.4. The van der Waals surface area contributed by atoms with E-state index in [1.54, 1.807) is 0 Å². The zero-order valence-corrected chi connectivity index (χ0v) is 13.2. The molecule has 0 saturated heterocycles. The fraction of sp³-hybridized carbons (Fsp3) is 1.00. The van der Waals surface area contributed by atoms with Crippen LogP contribution in [0.5, 0.6) is 0 Å². The summed E-state index contributed by atoms with van der Waals surface area (Å²) in [5.41, 5.74) is 0. The van der Waals surface area contributed by atoms with Crippen LogP contribution in [0.3, 0.4) is 0 Å². The van der Waals surface area contributed by atoms with Crippen molar-refractivity contribution in [1.29, 1.82) is 3.76 Å². The second-order valence-corrected chi connectivity index (χ2v) is 23.2. The molecular formula is C8H24N4Ta. The molecule has 5 heteroatoms. The Balaban J connectivity index is 5.49. The first-order valence-electron chi connectivity index (χ1n) is 4.53. The molecule has 0 aromatic carbocycles. The van der Waals surface area contributed by atoms with Crippen molar-refractivity contribution in [2.75, 3.05) is 42.3 Å². The van der Waals surface area contributed by atoms with Crippen molar-refractivity contribution in [3.05, 3.63) is 0 Å². The van der Waals surface area contributed by atoms with Crippen LogP contribution in [-0.2, 0) is 16.4 Å². The molecule has 1 N–H and O–H groups in total. The topological polar surface area (TPSA) is 33.6 Å². The van der Waals surface area contributed by atoms with Crippen molar-refractivity contribution >= 4 is 0 Å². The fourth-order valence-corrected chi connectivity index (χ4v) is 15.7. The molecule has 0 saturated carbocycles. The van der Waals surface area contributed by atoms with Crippen LogP contribution in [0.25, 0.3) is 0 Å². The first-order chi connectivity index (χ1) is 5.71. The van der Waals surface area contributed by atoms with E-state index in [1.807, 2.05) is 42.3 Å². The van der Waals surface area contributed by atoms with E-state index in [0.29, 0.717) is 0 Å². The molecule has 13 heavy (non-hydrogen) atoms. The van der Waals surface area contributed by atoms with Gasteiger partial charge < -0.3 is 0 Å². The second kappa shape index (κ2) is 3.88. The number of hydrogen-bond acceptors (Lipinski definition) is 1. The Kier molecular flexibility index (Phi) is 4.01. The summed E-state index contributed by atoms with van der Waals surface area (Å²) in [7, 11) is 12.2. The van der Waals surface area contributed by atoms with Gasteiger partial charge in [0.2, 0.25) is 0 Å². The maximum atomic E-state index is 8.87. The van der Waals surface area contributed by atoms with Gasteiger partial charge in [0.1, 0.15) is 0 Å². The molecule has 81 valence electrons. The van der Waals surface area contributed by atoms with Crippen molar-refractivity contribution in [2.45, 2.75) is 11.6 Å². The van der Waals surface area contributed by atoms with E-state index in [9.17, 15) is 0 Å². The number of nitrogens with one attached hydrogen (secondary N) is 1. The normalized spacial score (nSPS) is 16.6. The summed E-state index contributed by atoms with van der Waals surface area (Å²) in [5, 5.41) is 0. The number of nitrogens with zero attached hydrogens (tertiary/aromatic N) is 3.